The lowest BCUT2D eigenvalue weighted by atomic mass is 10.2. The lowest BCUT2D eigenvalue weighted by Crippen LogP contribution is -2.36. The van der Waals surface area contributed by atoms with Gasteiger partial charge in [-0.25, -0.2) is 4.57 Å². The van der Waals surface area contributed by atoms with Crippen LogP contribution < -0.4 is 5.73 Å². The van der Waals surface area contributed by atoms with E-state index in [2.05, 4.69) is 4.52 Å². The second-order valence-electron chi connectivity index (χ2n) is 1.81. The van der Waals surface area contributed by atoms with Crippen molar-refractivity contribution in [3.8, 4) is 0 Å². The summed E-state index contributed by atoms with van der Waals surface area (Å²) in [6.45, 7) is 0. The average molecular weight is 181 g/mol. The van der Waals surface area contributed by atoms with Gasteiger partial charge in [-0.3, -0.25) is 9.32 Å². The lowest BCUT2D eigenvalue weighted by Gasteiger charge is -2.12. The maximum atomic E-state index is 10.0. The SMILES string of the molecule is NC(O)C(CC(=O)O)OP=O. The summed E-state index contributed by atoms with van der Waals surface area (Å²) in [6, 6.07) is 0. The van der Waals surface area contributed by atoms with E-state index >= 15 is 0 Å². The molecule has 0 radical (unpaired) electrons. The minimum absolute atomic E-state index is 0.479. The summed E-state index contributed by atoms with van der Waals surface area (Å²) in [5.74, 6) is -1.18. The lowest BCUT2D eigenvalue weighted by molar-refractivity contribution is -0.140. The van der Waals surface area contributed by atoms with Gasteiger partial charge in [-0.05, 0) is 0 Å². The van der Waals surface area contributed by atoms with Crippen LogP contribution >= 0.6 is 8.69 Å². The van der Waals surface area contributed by atoms with Crippen molar-refractivity contribution in [2.75, 3.05) is 0 Å². The summed E-state index contributed by atoms with van der Waals surface area (Å²) >= 11 is 0. The Bertz CT molecular complexity index is 149. The third-order valence-corrected chi connectivity index (χ3v) is 1.29. The van der Waals surface area contributed by atoms with E-state index in [-0.39, 0.29) is 0 Å². The molecule has 6 nitrogen and oxygen atoms in total. The number of hydrogen-bond acceptors (Lipinski definition) is 5. The van der Waals surface area contributed by atoms with Gasteiger partial charge in [-0.1, -0.05) is 0 Å². The van der Waals surface area contributed by atoms with E-state index < -0.39 is 33.4 Å². The number of carboxylic acids is 1. The fourth-order valence-electron chi connectivity index (χ4n) is 0.448. The van der Waals surface area contributed by atoms with Gasteiger partial charge < -0.3 is 15.9 Å². The first-order valence-electron chi connectivity index (χ1n) is 2.72. The number of nitrogens with two attached hydrogens (primary N) is 1. The van der Waals surface area contributed by atoms with Crippen molar-refractivity contribution >= 4 is 14.7 Å². The van der Waals surface area contributed by atoms with Crippen molar-refractivity contribution < 1.29 is 24.1 Å². The van der Waals surface area contributed by atoms with Crippen LogP contribution in [-0.2, 0) is 13.9 Å². The summed E-state index contributed by atoms with van der Waals surface area (Å²) in [7, 11) is -0.698. The molecule has 0 aromatic carbocycles. The second kappa shape index (κ2) is 5.15. The first-order chi connectivity index (χ1) is 5.07. The van der Waals surface area contributed by atoms with E-state index in [1.807, 2.05) is 0 Å². The van der Waals surface area contributed by atoms with Gasteiger partial charge in [0.25, 0.3) is 0 Å². The number of hydrogen-bond donors (Lipinski definition) is 3. The smallest absolute Gasteiger partial charge is 0.327 e. The fourth-order valence-corrected chi connectivity index (χ4v) is 0.758. The Hall–Kier alpha value is -0.550. The highest BCUT2D eigenvalue weighted by Crippen LogP contribution is 2.08. The first kappa shape index (κ1) is 10.4. The predicted octanol–water partition coefficient (Wildman–Crippen LogP) is -0.670. The van der Waals surface area contributed by atoms with Gasteiger partial charge in [0.15, 0.2) is 0 Å². The molecule has 2 unspecified atom stereocenters. The van der Waals surface area contributed by atoms with E-state index in [0.29, 0.717) is 0 Å². The van der Waals surface area contributed by atoms with Crippen molar-refractivity contribution in [2.24, 2.45) is 5.73 Å². The molecule has 0 fully saturated rings. The number of carboxylic acid groups (broad SMARTS) is 1. The standard InChI is InChI=1S/C4H8NO5P/c5-4(8)2(10-11-9)1-3(6)7/h2,4,8H,1,5H2,(H,6,7). The Morgan fingerprint density at radius 2 is 2.27 bits per heavy atom. The molecule has 0 aliphatic rings. The zero-order chi connectivity index (χ0) is 8.85. The number of aliphatic carboxylic acids is 1. The van der Waals surface area contributed by atoms with Crippen LogP contribution in [0.15, 0.2) is 0 Å². The summed E-state index contributed by atoms with van der Waals surface area (Å²) < 4.78 is 14.1. The Morgan fingerprint density at radius 1 is 1.73 bits per heavy atom. The maximum Gasteiger partial charge on any atom is 0.327 e. The maximum absolute atomic E-state index is 10.0. The van der Waals surface area contributed by atoms with Gasteiger partial charge in [0.1, 0.15) is 12.3 Å². The molecule has 0 rings (SSSR count). The van der Waals surface area contributed by atoms with Crippen LogP contribution in [0.25, 0.3) is 0 Å². The van der Waals surface area contributed by atoms with E-state index in [1.54, 1.807) is 0 Å². The fraction of sp³-hybridized carbons (Fsp3) is 0.750. The number of carbonyl (C=O) groups is 1. The molecule has 0 saturated heterocycles. The molecule has 0 bridgehead atoms. The van der Waals surface area contributed by atoms with Crippen LogP contribution in [0.4, 0.5) is 0 Å². The van der Waals surface area contributed by atoms with Crippen LogP contribution in [0.2, 0.25) is 0 Å². The number of rotatable bonds is 5. The molecule has 4 N–H and O–H groups in total. The van der Waals surface area contributed by atoms with Gasteiger partial charge in [0, 0.05) is 0 Å². The van der Waals surface area contributed by atoms with E-state index in [9.17, 15) is 9.36 Å². The van der Waals surface area contributed by atoms with E-state index in [0.717, 1.165) is 0 Å². The average Bonchev–Trinajstić information content (AvgIpc) is 1.86. The van der Waals surface area contributed by atoms with Gasteiger partial charge in [0.05, 0.1) is 6.42 Å². The van der Waals surface area contributed by atoms with Crippen LogP contribution in [0.3, 0.4) is 0 Å². The summed E-state index contributed by atoms with van der Waals surface area (Å²) in [5, 5.41) is 16.8. The zero-order valence-electron chi connectivity index (χ0n) is 5.51. The molecule has 11 heavy (non-hydrogen) atoms. The Morgan fingerprint density at radius 3 is 2.55 bits per heavy atom. The van der Waals surface area contributed by atoms with Crippen molar-refractivity contribution in [3.63, 3.8) is 0 Å². The third kappa shape index (κ3) is 4.80. The van der Waals surface area contributed by atoms with Crippen molar-refractivity contribution in [3.05, 3.63) is 0 Å². The molecule has 0 amide bonds. The van der Waals surface area contributed by atoms with Gasteiger partial charge in [-0.15, -0.1) is 0 Å². The normalized spacial score (nSPS) is 16.2. The first-order valence-corrected chi connectivity index (χ1v) is 3.45. The molecule has 0 heterocycles. The molecule has 0 spiro atoms. The molecule has 2 atom stereocenters. The topological polar surface area (TPSA) is 110 Å². The molecule has 0 aromatic rings. The molecular weight excluding hydrogens is 173 g/mol. The highest BCUT2D eigenvalue weighted by Gasteiger charge is 2.19. The summed E-state index contributed by atoms with van der Waals surface area (Å²) in [4.78, 5) is 10.0. The third-order valence-electron chi connectivity index (χ3n) is 0.935. The van der Waals surface area contributed by atoms with Crippen molar-refractivity contribution in [1.82, 2.24) is 0 Å². The quantitative estimate of drug-likeness (QED) is 0.383. The summed E-state index contributed by atoms with van der Waals surface area (Å²) in [6.07, 6.45) is -3.05. The van der Waals surface area contributed by atoms with Crippen molar-refractivity contribution in [2.45, 2.75) is 18.8 Å². The minimum Gasteiger partial charge on any atom is -0.481 e. The largest absolute Gasteiger partial charge is 0.481 e. The number of aliphatic hydroxyl groups excluding tert-OH is 1. The Balaban J connectivity index is 3.88. The molecule has 7 heteroatoms. The monoisotopic (exact) mass is 181 g/mol. The Kier molecular flexibility index (Phi) is 4.89. The molecule has 0 aliphatic carbocycles. The van der Waals surface area contributed by atoms with Crippen LogP contribution in [0, 0.1) is 0 Å². The van der Waals surface area contributed by atoms with Gasteiger partial charge >= 0.3 is 14.7 Å². The minimum atomic E-state index is -1.44. The molecule has 0 saturated carbocycles. The summed E-state index contributed by atoms with van der Waals surface area (Å²) in [5.41, 5.74) is 4.89. The van der Waals surface area contributed by atoms with E-state index in [1.165, 1.54) is 0 Å². The highest BCUT2D eigenvalue weighted by atomic mass is 31.1. The van der Waals surface area contributed by atoms with Gasteiger partial charge in [0.2, 0.25) is 0 Å². The molecular formula is C4H8NO5P. The second-order valence-corrected chi connectivity index (χ2v) is 2.17. The molecule has 0 aliphatic heterocycles. The Labute approximate surface area is 64.2 Å². The van der Waals surface area contributed by atoms with Crippen LogP contribution in [0.5, 0.6) is 0 Å². The van der Waals surface area contributed by atoms with Crippen LogP contribution in [0.1, 0.15) is 6.42 Å². The predicted molar refractivity (Wildman–Crippen MR) is 34.9 cm³/mol. The van der Waals surface area contributed by atoms with Crippen LogP contribution in [-0.4, -0.2) is 28.5 Å². The number of aliphatic hydroxyl groups is 1. The van der Waals surface area contributed by atoms with Gasteiger partial charge in [-0.2, -0.15) is 0 Å². The van der Waals surface area contributed by atoms with Crippen molar-refractivity contribution in [1.29, 1.82) is 0 Å². The molecule has 0 aromatic heterocycles. The zero-order valence-corrected chi connectivity index (χ0v) is 6.40. The molecule has 64 valence electrons. The highest BCUT2D eigenvalue weighted by molar-refractivity contribution is 7.17. The van der Waals surface area contributed by atoms with E-state index in [4.69, 9.17) is 15.9 Å².